The van der Waals surface area contributed by atoms with Crippen LogP contribution in [-0.2, 0) is 6.54 Å². The lowest BCUT2D eigenvalue weighted by Gasteiger charge is -2.28. The van der Waals surface area contributed by atoms with Crippen LogP contribution in [-0.4, -0.2) is 39.4 Å². The number of urea groups is 1. The van der Waals surface area contributed by atoms with Gasteiger partial charge in [-0.2, -0.15) is 5.10 Å². The van der Waals surface area contributed by atoms with Gasteiger partial charge in [-0.1, -0.05) is 30.3 Å². The number of carbonyl (C=O) groups is 1. The predicted octanol–water partition coefficient (Wildman–Crippen LogP) is 5.45. The Morgan fingerprint density at radius 1 is 1.09 bits per heavy atom. The highest BCUT2D eigenvalue weighted by molar-refractivity contribution is 5.76. The number of benzene rings is 2. The summed E-state index contributed by atoms with van der Waals surface area (Å²) in [5, 5.41) is 7.90. The summed E-state index contributed by atoms with van der Waals surface area (Å²) in [6.45, 7) is 8.34. The average Bonchev–Trinajstić information content (AvgIpc) is 3.57. The number of carbonyl (C=O) groups excluding carboxylic acids is 1. The van der Waals surface area contributed by atoms with Gasteiger partial charge in [-0.05, 0) is 64.8 Å². The van der Waals surface area contributed by atoms with Gasteiger partial charge in [-0.25, -0.2) is 9.48 Å². The van der Waals surface area contributed by atoms with Gasteiger partial charge in [0.15, 0.2) is 11.5 Å². The first kappa shape index (κ1) is 22.7. The monoisotopic (exact) mass is 448 g/mol. The summed E-state index contributed by atoms with van der Waals surface area (Å²) >= 11 is 0. The van der Waals surface area contributed by atoms with Crippen molar-refractivity contribution in [1.29, 1.82) is 0 Å². The minimum Gasteiger partial charge on any atom is -0.493 e. The van der Waals surface area contributed by atoms with Gasteiger partial charge >= 0.3 is 6.03 Å². The van der Waals surface area contributed by atoms with Crippen LogP contribution in [0.5, 0.6) is 17.4 Å². The van der Waals surface area contributed by atoms with Crippen molar-refractivity contribution in [2.45, 2.75) is 58.7 Å². The summed E-state index contributed by atoms with van der Waals surface area (Å²) in [5.74, 6) is 1.80. The Morgan fingerprint density at radius 2 is 1.73 bits per heavy atom. The Hall–Kier alpha value is -3.48. The number of aromatic nitrogens is 2. The molecule has 7 nitrogen and oxygen atoms in total. The molecule has 1 aromatic heterocycles. The molecule has 0 aliphatic heterocycles. The fourth-order valence-corrected chi connectivity index (χ4v) is 3.69. The highest BCUT2D eigenvalue weighted by Gasteiger charge is 2.36. The second kappa shape index (κ2) is 9.17. The Bertz CT molecular complexity index is 1110. The number of methoxy groups -OCH3 is 1. The number of aryl methyl sites for hydroxylation is 1. The van der Waals surface area contributed by atoms with Gasteiger partial charge < -0.3 is 19.7 Å². The van der Waals surface area contributed by atoms with E-state index in [0.29, 0.717) is 23.9 Å². The van der Waals surface area contributed by atoms with E-state index in [1.807, 2.05) is 87.2 Å². The third-order valence-corrected chi connectivity index (χ3v) is 5.47. The minimum absolute atomic E-state index is 0.0693. The molecular formula is C26H32N4O3. The molecule has 0 unspecified atom stereocenters. The van der Waals surface area contributed by atoms with Crippen molar-refractivity contribution in [3.8, 4) is 23.1 Å². The van der Waals surface area contributed by atoms with Crippen LogP contribution >= 0.6 is 0 Å². The number of hydrogen-bond donors (Lipinski definition) is 1. The number of ether oxygens (including phenoxy) is 2. The van der Waals surface area contributed by atoms with Crippen LogP contribution < -0.4 is 14.8 Å². The van der Waals surface area contributed by atoms with Gasteiger partial charge in [-0.15, -0.1) is 0 Å². The fourth-order valence-electron chi connectivity index (χ4n) is 3.69. The van der Waals surface area contributed by atoms with E-state index >= 15 is 0 Å². The SMILES string of the molecule is COc1ccccc1Oc1c(CN(C(=O)NC(C)(C)C)C2CC2)c(C)nn1-c1ccccc1. The highest BCUT2D eigenvalue weighted by atomic mass is 16.5. The molecule has 2 aromatic carbocycles. The number of nitrogens with zero attached hydrogens (tertiary/aromatic N) is 3. The van der Waals surface area contributed by atoms with Crippen LogP contribution in [0.25, 0.3) is 5.69 Å². The molecule has 0 saturated heterocycles. The maximum atomic E-state index is 13.1. The topological polar surface area (TPSA) is 68.6 Å². The van der Waals surface area contributed by atoms with Crippen LogP contribution in [0.2, 0.25) is 0 Å². The van der Waals surface area contributed by atoms with E-state index in [0.717, 1.165) is 29.8 Å². The van der Waals surface area contributed by atoms with Gasteiger partial charge in [0, 0.05) is 11.6 Å². The zero-order chi connectivity index (χ0) is 23.6. The first-order valence-electron chi connectivity index (χ1n) is 11.3. The second-order valence-electron chi connectivity index (χ2n) is 9.41. The number of rotatable bonds is 7. The zero-order valence-corrected chi connectivity index (χ0v) is 20.0. The molecule has 1 aliphatic carbocycles. The van der Waals surface area contributed by atoms with Crippen LogP contribution in [0.15, 0.2) is 54.6 Å². The first-order valence-corrected chi connectivity index (χ1v) is 11.3. The Morgan fingerprint density at radius 3 is 2.33 bits per heavy atom. The summed E-state index contributed by atoms with van der Waals surface area (Å²) in [7, 11) is 1.62. The van der Waals surface area contributed by atoms with Gasteiger partial charge in [0.1, 0.15) is 0 Å². The Balaban J connectivity index is 1.75. The molecule has 1 aliphatic rings. The number of para-hydroxylation sites is 3. The van der Waals surface area contributed by atoms with Crippen molar-refractivity contribution in [1.82, 2.24) is 20.0 Å². The van der Waals surface area contributed by atoms with Gasteiger partial charge in [0.25, 0.3) is 0 Å². The minimum atomic E-state index is -0.315. The van der Waals surface area contributed by atoms with E-state index in [2.05, 4.69) is 5.32 Å². The van der Waals surface area contributed by atoms with Crippen LogP contribution in [0.1, 0.15) is 44.9 Å². The lowest BCUT2D eigenvalue weighted by Crippen LogP contribution is -2.49. The first-order chi connectivity index (χ1) is 15.8. The Kier molecular flexibility index (Phi) is 6.31. The molecule has 1 saturated carbocycles. The van der Waals surface area contributed by atoms with Gasteiger partial charge in [0.05, 0.1) is 30.6 Å². The number of nitrogens with one attached hydrogen (secondary N) is 1. The lowest BCUT2D eigenvalue weighted by atomic mass is 10.1. The molecule has 0 bridgehead atoms. The molecule has 0 atom stereocenters. The van der Waals surface area contributed by atoms with Crippen LogP contribution in [0.4, 0.5) is 4.79 Å². The molecule has 3 aromatic rings. The van der Waals surface area contributed by atoms with E-state index < -0.39 is 0 Å². The Labute approximate surface area is 195 Å². The maximum Gasteiger partial charge on any atom is 0.318 e. The third-order valence-electron chi connectivity index (χ3n) is 5.47. The summed E-state index contributed by atoms with van der Waals surface area (Å²) in [6, 6.07) is 17.5. The molecule has 7 heteroatoms. The molecule has 174 valence electrons. The molecule has 1 fully saturated rings. The summed E-state index contributed by atoms with van der Waals surface area (Å²) in [5.41, 5.74) is 2.26. The molecule has 2 amide bonds. The largest absolute Gasteiger partial charge is 0.493 e. The van der Waals surface area contributed by atoms with E-state index in [1.165, 1.54) is 0 Å². The number of amides is 2. The molecule has 33 heavy (non-hydrogen) atoms. The molecule has 4 rings (SSSR count). The van der Waals surface area contributed by atoms with Gasteiger partial charge in [0.2, 0.25) is 5.88 Å². The van der Waals surface area contributed by atoms with Crippen LogP contribution in [0, 0.1) is 6.92 Å². The average molecular weight is 449 g/mol. The van der Waals surface area contributed by atoms with Crippen molar-refractivity contribution < 1.29 is 14.3 Å². The van der Waals surface area contributed by atoms with E-state index in [-0.39, 0.29) is 17.6 Å². The molecular weight excluding hydrogens is 416 g/mol. The molecule has 1 N–H and O–H groups in total. The van der Waals surface area contributed by atoms with Crippen molar-refractivity contribution in [2.75, 3.05) is 7.11 Å². The van der Waals surface area contributed by atoms with E-state index in [4.69, 9.17) is 14.6 Å². The third kappa shape index (κ3) is 5.30. The second-order valence-corrected chi connectivity index (χ2v) is 9.41. The highest BCUT2D eigenvalue weighted by Crippen LogP contribution is 2.37. The zero-order valence-electron chi connectivity index (χ0n) is 20.0. The quantitative estimate of drug-likeness (QED) is 0.522. The molecule has 1 heterocycles. The van der Waals surface area contributed by atoms with Crippen LogP contribution in [0.3, 0.4) is 0 Å². The molecule has 0 spiro atoms. The lowest BCUT2D eigenvalue weighted by molar-refractivity contribution is 0.182. The van der Waals surface area contributed by atoms with E-state index in [9.17, 15) is 4.79 Å². The van der Waals surface area contributed by atoms with Crippen molar-refractivity contribution >= 4 is 6.03 Å². The summed E-state index contributed by atoms with van der Waals surface area (Å²) in [4.78, 5) is 15.0. The smallest absolute Gasteiger partial charge is 0.318 e. The van der Waals surface area contributed by atoms with Crippen molar-refractivity contribution in [3.05, 3.63) is 65.9 Å². The van der Waals surface area contributed by atoms with Crippen molar-refractivity contribution in [2.24, 2.45) is 0 Å². The normalized spacial score (nSPS) is 13.5. The predicted molar refractivity (Wildman–Crippen MR) is 128 cm³/mol. The van der Waals surface area contributed by atoms with E-state index in [1.54, 1.807) is 11.8 Å². The summed E-state index contributed by atoms with van der Waals surface area (Å²) in [6.07, 6.45) is 2.01. The van der Waals surface area contributed by atoms with Gasteiger partial charge in [-0.3, -0.25) is 0 Å². The maximum absolute atomic E-state index is 13.1. The fraction of sp³-hybridized carbons (Fsp3) is 0.385. The standard InChI is InChI=1S/C26H32N4O3/c1-18-21(17-29(19-15-16-19)25(31)27-26(2,3)4)24(30(28-18)20-11-7-6-8-12-20)33-23-14-10-9-13-22(23)32-5/h6-14,19H,15-17H2,1-5H3,(H,27,31). The molecule has 0 radical (unpaired) electrons. The number of hydrogen-bond acceptors (Lipinski definition) is 4. The van der Waals surface area contributed by atoms with Crippen molar-refractivity contribution in [3.63, 3.8) is 0 Å². The summed E-state index contributed by atoms with van der Waals surface area (Å²) < 4.78 is 13.7.